The Morgan fingerprint density at radius 3 is 1.00 bits per heavy atom. The fourth-order valence-electron chi connectivity index (χ4n) is 7.67. The van der Waals surface area contributed by atoms with Gasteiger partial charge in [0, 0.05) is 46.4 Å². The molecule has 8 nitrogen and oxygen atoms in total. The third-order valence-corrected chi connectivity index (χ3v) is 10.2. The first kappa shape index (κ1) is 34.0. The third kappa shape index (κ3) is 5.56. The van der Waals surface area contributed by atoms with Gasteiger partial charge in [0.1, 0.15) is 34.5 Å². The van der Waals surface area contributed by atoms with Crippen molar-refractivity contribution in [3.63, 3.8) is 0 Å². The van der Waals surface area contributed by atoms with Crippen LogP contribution in [0.3, 0.4) is 0 Å². The molecule has 9 rings (SSSR count). The summed E-state index contributed by atoms with van der Waals surface area (Å²) in [6, 6.07) is 52.4. The number of hydrogen-bond donors (Lipinski definition) is 6. The number of para-hydroxylation sites is 2. The van der Waals surface area contributed by atoms with E-state index in [-0.39, 0.29) is 22.3 Å². The summed E-state index contributed by atoms with van der Waals surface area (Å²) in [5, 5.41) is 72.7. The van der Waals surface area contributed by atoms with Gasteiger partial charge >= 0.3 is 0 Å². The lowest BCUT2D eigenvalue weighted by atomic mass is 9.83. The minimum atomic E-state index is -0.526. The van der Waals surface area contributed by atoms with E-state index in [1.165, 1.54) is 24.3 Å². The first-order valence-electron chi connectivity index (χ1n) is 18.0. The van der Waals surface area contributed by atoms with Gasteiger partial charge < -0.3 is 40.4 Å². The largest absolute Gasteiger partial charge is 0.507 e. The molecular weight excluding hydrogens is 701 g/mol. The third-order valence-electron chi connectivity index (χ3n) is 10.2. The summed E-state index contributed by atoms with van der Waals surface area (Å²) in [5.41, 5.74) is 3.11. The predicted octanol–water partition coefficient (Wildman–Crippen LogP) is 12.0. The Balaban J connectivity index is 1.11. The Bertz CT molecular complexity index is 2620. The minimum Gasteiger partial charge on any atom is -0.507 e. The van der Waals surface area contributed by atoms with Crippen molar-refractivity contribution in [2.45, 2.75) is 0 Å². The van der Waals surface area contributed by atoms with Crippen molar-refractivity contribution in [2.24, 2.45) is 0 Å². The fraction of sp³-hybridized carbons (Fsp3) is 0. The number of fused-ring (bicyclic) bond motifs is 2. The summed E-state index contributed by atoms with van der Waals surface area (Å²) in [4.78, 5) is 3.80. The van der Waals surface area contributed by atoms with Crippen molar-refractivity contribution in [3.05, 3.63) is 193 Å². The molecule has 272 valence electrons. The number of hydrogen-bond acceptors (Lipinski definition) is 8. The zero-order chi connectivity index (χ0) is 38.5. The van der Waals surface area contributed by atoms with Crippen LogP contribution in [0.15, 0.2) is 181 Å². The van der Waals surface area contributed by atoms with Crippen LogP contribution in [0.1, 0.15) is 11.1 Å². The van der Waals surface area contributed by atoms with Gasteiger partial charge in [-0.15, -0.1) is 0 Å². The highest BCUT2D eigenvalue weighted by atomic mass is 16.3. The Hall–Kier alpha value is -7.84. The van der Waals surface area contributed by atoms with E-state index in [0.717, 1.165) is 44.3 Å². The van der Waals surface area contributed by atoms with Crippen LogP contribution < -0.4 is 9.80 Å². The van der Waals surface area contributed by atoms with Gasteiger partial charge in [-0.3, -0.25) is 0 Å². The zero-order valence-corrected chi connectivity index (χ0v) is 29.7. The van der Waals surface area contributed by atoms with E-state index in [4.69, 9.17) is 0 Å². The number of rotatable bonds is 8. The molecule has 0 aliphatic heterocycles. The molecular formula is C48H34N2O6. The van der Waals surface area contributed by atoms with Crippen molar-refractivity contribution >= 4 is 66.8 Å². The first-order valence-corrected chi connectivity index (χ1v) is 18.0. The quantitative estimate of drug-likeness (QED) is 0.0910. The monoisotopic (exact) mass is 734 g/mol. The second kappa shape index (κ2) is 13.5. The van der Waals surface area contributed by atoms with Gasteiger partial charge in [-0.05, 0) is 47.2 Å². The van der Waals surface area contributed by atoms with Crippen LogP contribution in [-0.4, -0.2) is 30.6 Å². The van der Waals surface area contributed by atoms with Gasteiger partial charge in [-0.1, -0.05) is 109 Å². The van der Waals surface area contributed by atoms with E-state index >= 15 is 0 Å². The summed E-state index contributed by atoms with van der Waals surface area (Å²) < 4.78 is 0. The van der Waals surface area contributed by atoms with E-state index in [1.807, 2.05) is 155 Å². The molecule has 0 saturated carbocycles. The average Bonchev–Trinajstić information content (AvgIpc) is 3.22. The predicted molar refractivity (Wildman–Crippen MR) is 223 cm³/mol. The number of benzene rings is 8. The van der Waals surface area contributed by atoms with E-state index in [2.05, 4.69) is 0 Å². The molecule has 0 unspecified atom stereocenters. The molecule has 8 heteroatoms. The lowest BCUT2D eigenvalue weighted by Crippen LogP contribution is -2.14. The van der Waals surface area contributed by atoms with Gasteiger partial charge in [-0.25, -0.2) is 0 Å². The summed E-state index contributed by atoms with van der Waals surface area (Å²) in [5.74, 6) is -2.70. The number of nitrogens with zero attached hydrogens (tertiary/aromatic N) is 2. The van der Waals surface area contributed by atoms with Crippen molar-refractivity contribution in [1.82, 2.24) is 0 Å². The fourth-order valence-corrected chi connectivity index (χ4v) is 7.67. The Labute approximate surface area is 321 Å². The number of allylic oxidation sites excluding steroid dienone is 2. The van der Waals surface area contributed by atoms with Crippen LogP contribution in [-0.2, 0) is 0 Å². The molecule has 0 atom stereocenters. The van der Waals surface area contributed by atoms with Crippen molar-refractivity contribution in [1.29, 1.82) is 0 Å². The van der Waals surface area contributed by atoms with Crippen LogP contribution in [0.25, 0.3) is 32.7 Å². The highest BCUT2D eigenvalue weighted by Crippen LogP contribution is 2.55. The van der Waals surface area contributed by atoms with Crippen LogP contribution in [0, 0.1) is 0 Å². The normalized spacial score (nSPS) is 12.6. The zero-order valence-electron chi connectivity index (χ0n) is 29.7. The number of phenols is 4. The first-order chi connectivity index (χ1) is 27.3. The van der Waals surface area contributed by atoms with Gasteiger partial charge in [0.25, 0.3) is 0 Å². The van der Waals surface area contributed by atoms with Gasteiger partial charge in [0.15, 0.2) is 0 Å². The lowest BCUT2D eigenvalue weighted by Gasteiger charge is -2.30. The number of aliphatic hydroxyl groups is 2. The second-order valence-corrected chi connectivity index (χ2v) is 13.5. The number of aromatic hydroxyl groups is 4. The molecule has 0 saturated heterocycles. The molecule has 0 fully saturated rings. The molecule has 1 aliphatic rings. The lowest BCUT2D eigenvalue weighted by molar-refractivity contribution is 0.382. The maximum absolute atomic E-state index is 11.5. The summed E-state index contributed by atoms with van der Waals surface area (Å²) in [6.07, 6.45) is 0. The average molecular weight is 735 g/mol. The Morgan fingerprint density at radius 2 is 0.625 bits per heavy atom. The maximum Gasteiger partial charge on any atom is 0.139 e. The maximum atomic E-state index is 11.5. The van der Waals surface area contributed by atoms with Crippen molar-refractivity contribution < 1.29 is 30.6 Å². The van der Waals surface area contributed by atoms with E-state index in [1.54, 1.807) is 0 Å². The number of anilines is 6. The molecule has 0 amide bonds. The molecule has 6 N–H and O–H groups in total. The number of phenolic OH excluding ortho intramolecular Hbond substituents is 4. The molecule has 0 radical (unpaired) electrons. The molecule has 0 heterocycles. The molecule has 8 aromatic rings. The smallest absolute Gasteiger partial charge is 0.139 e. The van der Waals surface area contributed by atoms with Crippen LogP contribution in [0.2, 0.25) is 0 Å². The molecule has 56 heavy (non-hydrogen) atoms. The van der Waals surface area contributed by atoms with Crippen molar-refractivity contribution in [3.8, 4) is 23.0 Å². The number of aliphatic hydroxyl groups excluding tert-OH is 2. The summed E-state index contributed by atoms with van der Waals surface area (Å²) in [6.45, 7) is 0. The van der Waals surface area contributed by atoms with Crippen LogP contribution in [0.4, 0.5) is 34.1 Å². The summed E-state index contributed by atoms with van der Waals surface area (Å²) in [7, 11) is 0. The minimum absolute atomic E-state index is 0.208. The van der Waals surface area contributed by atoms with E-state index < -0.39 is 34.5 Å². The van der Waals surface area contributed by atoms with Crippen LogP contribution in [0.5, 0.6) is 23.0 Å². The van der Waals surface area contributed by atoms with Crippen molar-refractivity contribution in [2.75, 3.05) is 9.80 Å². The van der Waals surface area contributed by atoms with Gasteiger partial charge in [-0.2, -0.15) is 0 Å². The second-order valence-electron chi connectivity index (χ2n) is 13.5. The molecule has 0 spiro atoms. The van der Waals surface area contributed by atoms with E-state index in [0.29, 0.717) is 11.4 Å². The molecule has 8 aromatic carbocycles. The standard InChI is InChI=1S/C48H34N2O6/c51-39-25-33(49(31-17-3-1-4-18-31)37-23-11-15-29-13-7-9-21-35(29)37)26-40(52)43(39)45-47(55)46(48(45)56)44-41(53)27-34(28-42(44)54)50(32-19-5-2-6-20-32)38-24-12-16-30-14-8-10-22-36(30)38/h1-28,51-56H. The van der Waals surface area contributed by atoms with Gasteiger partial charge in [0.2, 0.25) is 0 Å². The Kier molecular flexibility index (Phi) is 8.21. The van der Waals surface area contributed by atoms with E-state index in [9.17, 15) is 30.6 Å². The topological polar surface area (TPSA) is 128 Å². The van der Waals surface area contributed by atoms with Gasteiger partial charge in [0.05, 0.1) is 45.0 Å². The Morgan fingerprint density at radius 1 is 0.304 bits per heavy atom. The summed E-state index contributed by atoms with van der Waals surface area (Å²) >= 11 is 0. The molecule has 0 aromatic heterocycles. The SMILES string of the molecule is OC1=C(c2c(O)cc(N(c3ccccc3)c3cccc4ccccc34)cc2O)C(O)=C1c1c(O)cc(N(c2ccccc2)c2cccc3ccccc23)cc1O. The molecule has 0 bridgehead atoms. The highest BCUT2D eigenvalue weighted by Gasteiger charge is 2.38. The van der Waals surface area contributed by atoms with Crippen LogP contribution >= 0.6 is 0 Å². The highest BCUT2D eigenvalue weighted by molar-refractivity contribution is 6.10. The molecule has 1 aliphatic carbocycles.